The molecule has 1 atom stereocenters. The molecule has 0 fully saturated rings. The highest BCUT2D eigenvalue weighted by molar-refractivity contribution is 6.06. The number of hydrogen-bond acceptors (Lipinski definition) is 6. The summed E-state index contributed by atoms with van der Waals surface area (Å²) in [5.41, 5.74) is 4.64. The summed E-state index contributed by atoms with van der Waals surface area (Å²) in [6.07, 6.45) is 0. The largest absolute Gasteiger partial charge is 0.497 e. The van der Waals surface area contributed by atoms with Gasteiger partial charge in [-0.3, -0.25) is 4.79 Å². The number of carbonyl (C=O) groups is 1. The molecular weight excluding hydrogens is 454 g/mol. The van der Waals surface area contributed by atoms with Crippen molar-refractivity contribution in [3.63, 3.8) is 0 Å². The van der Waals surface area contributed by atoms with E-state index in [2.05, 4.69) is 10.6 Å². The number of hydrogen-bond donors (Lipinski definition) is 2. The molecule has 4 aromatic rings. The Morgan fingerprint density at radius 2 is 1.72 bits per heavy atom. The van der Waals surface area contributed by atoms with Crippen LogP contribution in [0, 0.1) is 6.92 Å². The molecule has 1 aliphatic rings. The molecule has 1 aliphatic heterocycles. The van der Waals surface area contributed by atoms with E-state index in [-0.39, 0.29) is 5.91 Å². The number of carbonyl (C=O) groups excluding carboxylic acids is 1. The first-order chi connectivity index (χ1) is 17.5. The van der Waals surface area contributed by atoms with Crippen molar-refractivity contribution < 1.29 is 14.3 Å². The number of methoxy groups -OCH3 is 2. The van der Waals surface area contributed by atoms with Gasteiger partial charge >= 0.3 is 0 Å². The van der Waals surface area contributed by atoms with E-state index in [1.807, 2.05) is 86.6 Å². The highest BCUT2D eigenvalue weighted by Gasteiger charge is 2.36. The van der Waals surface area contributed by atoms with Crippen molar-refractivity contribution in [1.29, 1.82) is 0 Å². The van der Waals surface area contributed by atoms with Crippen LogP contribution in [0.1, 0.15) is 24.1 Å². The Balaban J connectivity index is 1.66. The average molecular weight is 482 g/mol. The summed E-state index contributed by atoms with van der Waals surface area (Å²) in [5, 5.41) is 11.1. The molecule has 0 bridgehead atoms. The number of allylic oxidation sites excluding steroid dienone is 1. The Bertz CT molecular complexity index is 1440. The third-order valence-electron chi connectivity index (χ3n) is 6.17. The number of anilines is 2. The van der Waals surface area contributed by atoms with Gasteiger partial charge in [0.1, 0.15) is 17.5 Å². The van der Waals surface area contributed by atoms with E-state index >= 15 is 0 Å². The van der Waals surface area contributed by atoms with Gasteiger partial charge in [-0.15, -0.1) is 5.10 Å². The van der Waals surface area contributed by atoms with Crippen molar-refractivity contribution >= 4 is 17.5 Å². The number of nitrogens with zero attached hydrogens (tertiary/aromatic N) is 3. The molecule has 0 radical (unpaired) electrons. The average Bonchev–Trinajstić information content (AvgIpc) is 3.32. The molecular formula is C28H27N5O3. The summed E-state index contributed by atoms with van der Waals surface area (Å²) in [6, 6.07) is 22.3. The molecule has 1 aromatic heterocycles. The molecule has 5 rings (SSSR count). The lowest BCUT2D eigenvalue weighted by molar-refractivity contribution is -0.113. The molecule has 8 nitrogen and oxygen atoms in total. The minimum atomic E-state index is -0.610. The van der Waals surface area contributed by atoms with Gasteiger partial charge in [0.05, 0.1) is 19.8 Å². The Hall–Kier alpha value is -4.59. The third kappa shape index (κ3) is 4.29. The van der Waals surface area contributed by atoms with Crippen molar-refractivity contribution in [2.45, 2.75) is 19.9 Å². The molecule has 2 N–H and O–H groups in total. The fourth-order valence-electron chi connectivity index (χ4n) is 4.33. The number of amides is 1. The predicted octanol–water partition coefficient (Wildman–Crippen LogP) is 5.20. The smallest absolute Gasteiger partial charge is 0.255 e. The number of aromatic nitrogens is 3. The number of nitrogens with one attached hydrogen (secondary N) is 2. The SMILES string of the molecule is COc1ccc(OC)c(C2C(C(=O)Nc3ccccc3)=C(C)Nc3nc(-c4ccc(C)cc4)nn32)c1. The molecule has 0 saturated heterocycles. The molecule has 0 saturated carbocycles. The maximum atomic E-state index is 13.7. The highest BCUT2D eigenvalue weighted by Crippen LogP contribution is 2.41. The number of rotatable bonds is 6. The lowest BCUT2D eigenvalue weighted by Crippen LogP contribution is -2.31. The van der Waals surface area contributed by atoms with Crippen molar-refractivity contribution in [3.8, 4) is 22.9 Å². The quantitative estimate of drug-likeness (QED) is 0.394. The summed E-state index contributed by atoms with van der Waals surface area (Å²) in [7, 11) is 3.21. The zero-order valence-corrected chi connectivity index (χ0v) is 20.6. The standard InChI is InChI=1S/C28H27N5O3/c1-17-10-12-19(13-11-17)26-31-28-29-18(2)24(27(34)30-20-8-6-5-7-9-20)25(33(28)32-26)22-16-21(35-3)14-15-23(22)36-4/h5-16,25H,1-4H3,(H,30,34)(H,29,31,32). The topological polar surface area (TPSA) is 90.3 Å². The lowest BCUT2D eigenvalue weighted by atomic mass is 9.94. The lowest BCUT2D eigenvalue weighted by Gasteiger charge is -2.29. The predicted molar refractivity (Wildman–Crippen MR) is 139 cm³/mol. The minimum Gasteiger partial charge on any atom is -0.497 e. The Morgan fingerprint density at radius 1 is 0.972 bits per heavy atom. The van der Waals surface area contributed by atoms with Crippen LogP contribution >= 0.6 is 0 Å². The summed E-state index contributed by atoms with van der Waals surface area (Å²) in [4.78, 5) is 18.5. The van der Waals surface area contributed by atoms with Gasteiger partial charge in [0.2, 0.25) is 5.95 Å². The fraction of sp³-hybridized carbons (Fsp3) is 0.179. The van der Waals surface area contributed by atoms with Crippen molar-refractivity contribution in [2.75, 3.05) is 24.9 Å². The summed E-state index contributed by atoms with van der Waals surface area (Å²) < 4.78 is 12.9. The van der Waals surface area contributed by atoms with E-state index in [1.165, 1.54) is 0 Å². The molecule has 0 aliphatic carbocycles. The van der Waals surface area contributed by atoms with Gasteiger partial charge in [-0.05, 0) is 44.2 Å². The molecule has 1 amide bonds. The van der Waals surface area contributed by atoms with Crippen molar-refractivity contribution in [3.05, 3.63) is 95.2 Å². The molecule has 2 heterocycles. The molecule has 8 heteroatoms. The van der Waals surface area contributed by atoms with Gasteiger partial charge in [-0.25, -0.2) is 4.68 Å². The molecule has 1 unspecified atom stereocenters. The zero-order valence-electron chi connectivity index (χ0n) is 20.6. The van der Waals surface area contributed by atoms with Crippen LogP contribution in [0.4, 0.5) is 11.6 Å². The van der Waals surface area contributed by atoms with Crippen LogP contribution in [0.15, 0.2) is 84.1 Å². The van der Waals surface area contributed by atoms with Gasteiger partial charge in [0, 0.05) is 22.5 Å². The molecule has 0 spiro atoms. The van der Waals surface area contributed by atoms with Crippen molar-refractivity contribution in [1.82, 2.24) is 14.8 Å². The summed E-state index contributed by atoms with van der Waals surface area (Å²) in [6.45, 7) is 3.90. The first-order valence-corrected chi connectivity index (χ1v) is 11.6. The number of ether oxygens (including phenoxy) is 2. The highest BCUT2D eigenvalue weighted by atomic mass is 16.5. The number of fused-ring (bicyclic) bond motifs is 1. The van der Waals surface area contributed by atoms with E-state index in [0.29, 0.717) is 40.2 Å². The zero-order chi connectivity index (χ0) is 25.2. The van der Waals surface area contributed by atoms with Gasteiger partial charge < -0.3 is 20.1 Å². The van der Waals surface area contributed by atoms with Gasteiger partial charge in [0.25, 0.3) is 5.91 Å². The summed E-state index contributed by atoms with van der Waals surface area (Å²) in [5.74, 6) is 2.10. The van der Waals surface area contributed by atoms with Gasteiger partial charge in [-0.2, -0.15) is 4.98 Å². The van der Waals surface area contributed by atoms with Gasteiger partial charge in [0.15, 0.2) is 5.82 Å². The van der Waals surface area contributed by atoms with Crippen LogP contribution in [0.3, 0.4) is 0 Å². The van der Waals surface area contributed by atoms with E-state index in [1.54, 1.807) is 18.9 Å². The monoisotopic (exact) mass is 481 g/mol. The van der Waals surface area contributed by atoms with E-state index < -0.39 is 6.04 Å². The van der Waals surface area contributed by atoms with Crippen LogP contribution in [0.5, 0.6) is 11.5 Å². The maximum absolute atomic E-state index is 13.7. The van der Waals surface area contributed by atoms with Crippen molar-refractivity contribution in [2.24, 2.45) is 0 Å². The van der Waals surface area contributed by atoms with E-state index in [4.69, 9.17) is 19.6 Å². The second-order valence-electron chi connectivity index (χ2n) is 8.56. The van der Waals surface area contributed by atoms with Crippen LogP contribution in [0.25, 0.3) is 11.4 Å². The van der Waals surface area contributed by atoms with Gasteiger partial charge in [-0.1, -0.05) is 48.0 Å². The number of benzene rings is 3. The first kappa shape index (κ1) is 23.2. The summed E-state index contributed by atoms with van der Waals surface area (Å²) >= 11 is 0. The Morgan fingerprint density at radius 3 is 2.42 bits per heavy atom. The number of para-hydroxylation sites is 1. The normalized spacial score (nSPS) is 14.6. The van der Waals surface area contributed by atoms with Crippen LogP contribution in [0.2, 0.25) is 0 Å². The number of aryl methyl sites for hydroxylation is 1. The van der Waals surface area contributed by atoms with E-state index in [9.17, 15) is 4.79 Å². The Kier molecular flexibility index (Phi) is 6.16. The minimum absolute atomic E-state index is 0.251. The fourth-order valence-corrected chi connectivity index (χ4v) is 4.33. The molecule has 3 aromatic carbocycles. The second kappa shape index (κ2) is 9.58. The second-order valence-corrected chi connectivity index (χ2v) is 8.56. The van der Waals surface area contributed by atoms with Crippen LogP contribution in [-0.4, -0.2) is 34.9 Å². The third-order valence-corrected chi connectivity index (χ3v) is 6.17. The van der Waals surface area contributed by atoms with Crippen LogP contribution in [-0.2, 0) is 4.79 Å². The first-order valence-electron chi connectivity index (χ1n) is 11.6. The Labute approximate surface area is 209 Å². The van der Waals surface area contributed by atoms with E-state index in [0.717, 1.165) is 16.7 Å². The van der Waals surface area contributed by atoms with Crippen LogP contribution < -0.4 is 20.1 Å². The maximum Gasteiger partial charge on any atom is 0.255 e. The molecule has 182 valence electrons. The molecule has 36 heavy (non-hydrogen) atoms.